The fourth-order valence-electron chi connectivity index (χ4n) is 5.81. The molecule has 0 radical (unpaired) electrons. The zero-order valence-corrected chi connectivity index (χ0v) is 29.1. The molecule has 10 nitrogen and oxygen atoms in total. The molecule has 1 unspecified atom stereocenters. The van der Waals surface area contributed by atoms with Gasteiger partial charge in [0.25, 0.3) is 0 Å². The van der Waals surface area contributed by atoms with Gasteiger partial charge in [-0.1, -0.05) is 48.0 Å². The number of allylic oxidation sites excluding steroid dienone is 2. The summed E-state index contributed by atoms with van der Waals surface area (Å²) in [7, 11) is 2.82. The van der Waals surface area contributed by atoms with Gasteiger partial charge in [0.2, 0.25) is 5.95 Å². The lowest BCUT2D eigenvalue weighted by Crippen LogP contribution is -2.53. The van der Waals surface area contributed by atoms with Crippen LogP contribution in [0.4, 0.5) is 21.2 Å². The number of ether oxygens (including phenoxy) is 1. The predicted molar refractivity (Wildman–Crippen MR) is 190 cm³/mol. The number of nitrogens with zero attached hydrogens (tertiary/aromatic N) is 5. The van der Waals surface area contributed by atoms with Gasteiger partial charge in [0.15, 0.2) is 5.82 Å². The second-order valence-corrected chi connectivity index (χ2v) is 13.5. The van der Waals surface area contributed by atoms with Crippen LogP contribution in [0.15, 0.2) is 30.2 Å². The summed E-state index contributed by atoms with van der Waals surface area (Å²) in [6, 6.07) is 2.16. The van der Waals surface area contributed by atoms with Crippen molar-refractivity contribution in [3.63, 3.8) is 0 Å². The molecule has 3 aromatic heterocycles. The Bertz CT molecular complexity index is 1890. The van der Waals surface area contributed by atoms with E-state index in [1.807, 2.05) is 32.2 Å². The fourth-order valence-corrected chi connectivity index (χ4v) is 7.25. The lowest BCUT2D eigenvalue weighted by atomic mass is 9.85. The van der Waals surface area contributed by atoms with E-state index in [0.29, 0.717) is 47.3 Å². The van der Waals surface area contributed by atoms with Gasteiger partial charge in [0.05, 0.1) is 53.1 Å². The first-order valence-electron chi connectivity index (χ1n) is 15.5. The summed E-state index contributed by atoms with van der Waals surface area (Å²) in [4.78, 5) is 16.8. The summed E-state index contributed by atoms with van der Waals surface area (Å²) < 4.78 is 21.2. The average molecular weight is 662 g/mol. The fraction of sp³-hybridized carbons (Fsp3) is 0.394. The minimum atomic E-state index is -0.507. The molecule has 3 aliphatic heterocycles. The van der Waals surface area contributed by atoms with Gasteiger partial charge in [0.1, 0.15) is 16.9 Å². The predicted octanol–water partition coefficient (Wildman–Crippen LogP) is 6.24. The largest absolute Gasteiger partial charge is 0.389 e. The highest BCUT2D eigenvalue weighted by Crippen LogP contribution is 2.45. The molecular weight excluding hydrogens is 620 g/mol. The maximum Gasteiger partial charge on any atom is 0.227 e. The molecule has 0 aliphatic carbocycles. The van der Waals surface area contributed by atoms with E-state index in [9.17, 15) is 9.65 Å². The molecule has 0 spiro atoms. The van der Waals surface area contributed by atoms with Crippen LogP contribution >= 0.6 is 20.6 Å². The van der Waals surface area contributed by atoms with Crippen molar-refractivity contribution >= 4 is 63.6 Å². The third-order valence-electron chi connectivity index (χ3n) is 7.60. The Hall–Kier alpha value is -4.04. The summed E-state index contributed by atoms with van der Waals surface area (Å²) in [5.74, 6) is 0.831. The number of hydrogen-bond acceptors (Lipinski definition) is 11. The maximum absolute atomic E-state index is 14.9. The van der Waals surface area contributed by atoms with Crippen LogP contribution in [0.1, 0.15) is 64.7 Å². The van der Waals surface area contributed by atoms with Crippen LogP contribution in [0.5, 0.6) is 0 Å². The number of nitrogens with two attached hydrogens (primary N) is 1. The topological polar surface area (TPSA) is 137 Å². The summed E-state index contributed by atoms with van der Waals surface area (Å²) in [6.07, 6.45) is 8.18. The number of benzene rings is 1. The molecule has 0 bridgehead atoms. The Morgan fingerprint density at radius 1 is 1.20 bits per heavy atom. The summed E-state index contributed by atoms with van der Waals surface area (Å²) in [5.41, 5.74) is 17.5. The van der Waals surface area contributed by atoms with Crippen LogP contribution in [-0.4, -0.2) is 34.6 Å². The van der Waals surface area contributed by atoms with Crippen molar-refractivity contribution < 1.29 is 9.13 Å². The number of halogens is 1. The third-order valence-corrected chi connectivity index (χ3v) is 9.19. The van der Waals surface area contributed by atoms with E-state index in [1.54, 1.807) is 0 Å². The van der Waals surface area contributed by atoms with Crippen LogP contribution in [0.2, 0.25) is 0 Å². The van der Waals surface area contributed by atoms with Crippen molar-refractivity contribution in [2.75, 3.05) is 35.6 Å². The lowest BCUT2D eigenvalue weighted by Gasteiger charge is -2.45. The Labute approximate surface area is 275 Å². The Morgan fingerprint density at radius 3 is 2.57 bits per heavy atom. The van der Waals surface area contributed by atoms with E-state index in [-0.39, 0.29) is 16.0 Å². The van der Waals surface area contributed by atoms with Gasteiger partial charge in [-0.25, -0.2) is 9.37 Å². The number of pyridine rings is 1. The number of nitrogen functional groups attached to an aromatic ring is 1. The highest BCUT2D eigenvalue weighted by Gasteiger charge is 2.37. The van der Waals surface area contributed by atoms with E-state index in [0.717, 1.165) is 63.0 Å². The molecule has 1 aromatic carbocycles. The number of rotatable bonds is 5. The van der Waals surface area contributed by atoms with Crippen molar-refractivity contribution in [1.29, 1.82) is 5.26 Å². The van der Waals surface area contributed by atoms with Crippen LogP contribution in [0.25, 0.3) is 32.2 Å². The van der Waals surface area contributed by atoms with Crippen molar-refractivity contribution in [1.82, 2.24) is 25.8 Å². The first-order chi connectivity index (χ1) is 22.2. The quantitative estimate of drug-likeness (QED) is 0.182. The summed E-state index contributed by atoms with van der Waals surface area (Å²) in [5, 5.41) is 15.8. The summed E-state index contributed by atoms with van der Waals surface area (Å²) in [6.45, 7) is 15.6. The van der Waals surface area contributed by atoms with Crippen LogP contribution < -0.4 is 32.1 Å². The van der Waals surface area contributed by atoms with Crippen molar-refractivity contribution in [2.24, 2.45) is 5.41 Å². The van der Waals surface area contributed by atoms with E-state index < -0.39 is 5.82 Å². The van der Waals surface area contributed by atoms with Gasteiger partial charge < -0.3 is 31.5 Å². The molecule has 1 saturated heterocycles. The highest BCUT2D eigenvalue weighted by atomic mass is 32.1. The maximum atomic E-state index is 14.9. The number of aromatic nitrogens is 3. The first kappa shape index (κ1) is 33.3. The number of thiophene rings is 1. The molecule has 7 rings (SSSR count). The van der Waals surface area contributed by atoms with E-state index >= 15 is 0 Å². The zero-order valence-electron chi connectivity index (χ0n) is 27.1. The second-order valence-electron chi connectivity index (χ2n) is 11.8. The van der Waals surface area contributed by atoms with Gasteiger partial charge >= 0.3 is 0 Å². The normalized spacial score (nSPS) is 15.7. The SMILES string of the molecule is CC.CC1(C)CN(c2nc(NCC3=CC=CNN3)c3c4c(c(-c5ncc(F)c6sc(N)c(C#N)c56)c(P)c3n2)COC4)C1.CCC. The smallest absolute Gasteiger partial charge is 0.227 e. The van der Waals surface area contributed by atoms with Crippen molar-refractivity contribution in [3.05, 3.63) is 52.8 Å². The molecule has 242 valence electrons. The van der Waals surface area contributed by atoms with Gasteiger partial charge in [0, 0.05) is 40.9 Å². The van der Waals surface area contributed by atoms with Crippen LogP contribution in [0.3, 0.4) is 0 Å². The molecular formula is C33H41FN9OPS. The third kappa shape index (κ3) is 6.07. The molecule has 3 aliphatic rings. The standard InChI is InChI=1S/C28H27FN9OPS.C3H8.C2H6/c1-28(2)11-38(12-28)27-35-22-20(26(36-27)33-7-13-4-3-5-34-37-13)16-10-39-9-15(16)18(23(22)40)21-19-14(6-30)25(31)41-24(19)17(29)8-32-21;1-3-2;1-2/h3-5,8,34,37H,7,9-12,31,40H2,1-2H3,(H,33,35,36);3H2,1-2H3;1-2H3. The van der Waals surface area contributed by atoms with Gasteiger partial charge in [-0.3, -0.25) is 4.98 Å². The molecule has 0 amide bonds. The second kappa shape index (κ2) is 13.8. The molecule has 46 heavy (non-hydrogen) atoms. The lowest BCUT2D eigenvalue weighted by molar-refractivity contribution is 0.135. The van der Waals surface area contributed by atoms with Crippen molar-refractivity contribution in [3.8, 4) is 17.3 Å². The molecule has 1 atom stereocenters. The number of hydrazine groups is 1. The number of hydrogen-bond donors (Lipinski definition) is 4. The molecule has 1 fully saturated rings. The number of fused-ring (bicyclic) bond motifs is 4. The van der Waals surface area contributed by atoms with Gasteiger partial charge in [-0.05, 0) is 28.7 Å². The Kier molecular flexibility index (Phi) is 9.96. The highest BCUT2D eigenvalue weighted by molar-refractivity contribution is 7.29. The number of nitrogens with one attached hydrogen (secondary N) is 3. The average Bonchev–Trinajstić information content (AvgIpc) is 3.66. The van der Waals surface area contributed by atoms with E-state index in [4.69, 9.17) is 20.4 Å². The summed E-state index contributed by atoms with van der Waals surface area (Å²) >= 11 is 1.06. The molecule has 0 saturated carbocycles. The van der Waals surface area contributed by atoms with E-state index in [1.165, 1.54) is 12.6 Å². The van der Waals surface area contributed by atoms with Gasteiger partial charge in [-0.15, -0.1) is 20.6 Å². The van der Waals surface area contributed by atoms with E-state index in [2.05, 4.69) is 69.1 Å². The number of nitriles is 1. The molecule has 6 heterocycles. The molecule has 4 aromatic rings. The van der Waals surface area contributed by atoms with Crippen molar-refractivity contribution in [2.45, 2.75) is 61.2 Å². The number of anilines is 3. The van der Waals surface area contributed by atoms with Crippen LogP contribution in [0, 0.1) is 22.6 Å². The molecule has 13 heteroatoms. The zero-order chi connectivity index (χ0) is 33.2. The van der Waals surface area contributed by atoms with Gasteiger partial charge in [-0.2, -0.15) is 10.2 Å². The minimum Gasteiger partial charge on any atom is -0.389 e. The first-order valence-corrected chi connectivity index (χ1v) is 16.9. The monoisotopic (exact) mass is 661 g/mol. The minimum absolute atomic E-state index is 0.178. The van der Waals surface area contributed by atoms with Crippen LogP contribution in [-0.2, 0) is 18.0 Å². The molecule has 5 N–H and O–H groups in total. The Morgan fingerprint density at radius 2 is 1.91 bits per heavy atom. The Balaban J connectivity index is 0.000000789.